The van der Waals surface area contributed by atoms with Gasteiger partial charge in [-0.3, -0.25) is 10.1 Å². The van der Waals surface area contributed by atoms with Gasteiger partial charge in [-0.25, -0.2) is 10.8 Å². The van der Waals surface area contributed by atoms with Gasteiger partial charge in [0.25, 0.3) is 0 Å². The zero-order valence-corrected chi connectivity index (χ0v) is 12.5. The molecular formula is C12H12BrN5O3. The fraction of sp³-hybridized carbons (Fsp3) is 0.0833. The van der Waals surface area contributed by atoms with Crippen LogP contribution in [0.4, 0.5) is 23.0 Å². The smallest absolute Gasteiger partial charge is 0.311 e. The van der Waals surface area contributed by atoms with E-state index >= 15 is 0 Å². The Morgan fingerprint density at radius 1 is 1.38 bits per heavy atom. The molecule has 0 fully saturated rings. The Hall–Kier alpha value is -2.39. The number of nitrogens with zero attached hydrogens (tertiary/aromatic N) is 2. The zero-order valence-electron chi connectivity index (χ0n) is 11.0. The molecule has 21 heavy (non-hydrogen) atoms. The van der Waals surface area contributed by atoms with Crippen LogP contribution < -0.4 is 21.3 Å². The molecule has 1 aromatic heterocycles. The third kappa shape index (κ3) is 3.58. The van der Waals surface area contributed by atoms with Gasteiger partial charge in [-0.05, 0) is 18.2 Å². The van der Waals surface area contributed by atoms with Crippen molar-refractivity contribution in [3.05, 3.63) is 44.9 Å². The number of anilines is 3. The first-order valence-corrected chi connectivity index (χ1v) is 6.56. The molecular weight excluding hydrogens is 342 g/mol. The monoisotopic (exact) mass is 353 g/mol. The van der Waals surface area contributed by atoms with Crippen molar-refractivity contribution in [1.82, 2.24) is 4.98 Å². The fourth-order valence-electron chi connectivity index (χ4n) is 1.66. The van der Waals surface area contributed by atoms with E-state index in [2.05, 4.69) is 31.7 Å². The largest absolute Gasteiger partial charge is 0.497 e. The number of ether oxygens (including phenoxy) is 1. The number of nitrogens with two attached hydrogens (primary N) is 1. The molecule has 0 aliphatic heterocycles. The van der Waals surface area contributed by atoms with Crippen molar-refractivity contribution in [3.8, 4) is 5.75 Å². The maximum atomic E-state index is 11.0. The van der Waals surface area contributed by atoms with Crippen molar-refractivity contribution in [1.29, 1.82) is 0 Å². The number of benzene rings is 1. The molecule has 0 aliphatic rings. The van der Waals surface area contributed by atoms with Gasteiger partial charge in [-0.15, -0.1) is 0 Å². The Balaban J connectivity index is 2.42. The lowest BCUT2D eigenvalue weighted by molar-refractivity contribution is -0.384. The summed E-state index contributed by atoms with van der Waals surface area (Å²) in [5, 5.41) is 13.9. The topological polar surface area (TPSA) is 115 Å². The average Bonchev–Trinajstić information content (AvgIpc) is 2.46. The van der Waals surface area contributed by atoms with Crippen LogP contribution in [0.1, 0.15) is 0 Å². The van der Waals surface area contributed by atoms with Crippen LogP contribution in [0.3, 0.4) is 0 Å². The van der Waals surface area contributed by atoms with E-state index in [1.54, 1.807) is 18.2 Å². The van der Waals surface area contributed by atoms with Crippen LogP contribution in [-0.4, -0.2) is 17.0 Å². The molecule has 1 heterocycles. The van der Waals surface area contributed by atoms with Gasteiger partial charge < -0.3 is 15.5 Å². The molecule has 0 atom stereocenters. The summed E-state index contributed by atoms with van der Waals surface area (Å²) in [4.78, 5) is 14.6. The van der Waals surface area contributed by atoms with Crippen molar-refractivity contribution in [3.63, 3.8) is 0 Å². The van der Waals surface area contributed by atoms with Crippen LogP contribution in [0.15, 0.2) is 34.8 Å². The number of nitro groups is 1. The standard InChI is InChI=1S/C12H12BrN5O3/c1-21-9-5-7(13)4-8(6-9)15-12-10(18(19)20)2-3-11(16-12)17-14/h2-6H,14H2,1H3,(H2,15,16,17). The number of pyridine rings is 1. The number of rotatable bonds is 5. The number of nitrogens with one attached hydrogen (secondary N) is 2. The van der Waals surface area contributed by atoms with E-state index < -0.39 is 4.92 Å². The van der Waals surface area contributed by atoms with E-state index in [-0.39, 0.29) is 11.5 Å². The first-order chi connectivity index (χ1) is 10.0. The summed E-state index contributed by atoms with van der Waals surface area (Å²) in [5.74, 6) is 6.26. The highest BCUT2D eigenvalue weighted by atomic mass is 79.9. The van der Waals surface area contributed by atoms with Crippen molar-refractivity contribution < 1.29 is 9.66 Å². The van der Waals surface area contributed by atoms with Crippen LogP contribution in [0, 0.1) is 10.1 Å². The summed E-state index contributed by atoms with van der Waals surface area (Å²) >= 11 is 3.34. The van der Waals surface area contributed by atoms with Crippen molar-refractivity contribution in [2.75, 3.05) is 17.9 Å². The van der Waals surface area contributed by atoms with Crippen LogP contribution in [0.5, 0.6) is 5.75 Å². The zero-order chi connectivity index (χ0) is 15.4. The van der Waals surface area contributed by atoms with Crippen molar-refractivity contribution in [2.45, 2.75) is 0 Å². The van der Waals surface area contributed by atoms with E-state index in [0.29, 0.717) is 17.3 Å². The van der Waals surface area contributed by atoms with Gasteiger partial charge >= 0.3 is 5.69 Å². The van der Waals surface area contributed by atoms with Crippen molar-refractivity contribution >= 4 is 38.9 Å². The lowest BCUT2D eigenvalue weighted by Crippen LogP contribution is -2.10. The lowest BCUT2D eigenvalue weighted by Gasteiger charge is -2.10. The third-order valence-electron chi connectivity index (χ3n) is 2.59. The maximum absolute atomic E-state index is 11.0. The Bertz CT molecular complexity index is 680. The predicted molar refractivity (Wildman–Crippen MR) is 82.7 cm³/mol. The van der Waals surface area contributed by atoms with E-state index in [1.807, 2.05) is 0 Å². The molecule has 0 aliphatic carbocycles. The summed E-state index contributed by atoms with van der Waals surface area (Å²) in [5.41, 5.74) is 2.78. The third-order valence-corrected chi connectivity index (χ3v) is 3.05. The predicted octanol–water partition coefficient (Wildman–Crippen LogP) is 2.79. The Morgan fingerprint density at radius 3 is 2.76 bits per heavy atom. The van der Waals surface area contributed by atoms with Crippen LogP contribution in [0.25, 0.3) is 0 Å². The molecule has 0 saturated carbocycles. The molecule has 2 aromatic rings. The molecule has 0 bridgehead atoms. The summed E-state index contributed by atoms with van der Waals surface area (Å²) < 4.78 is 5.90. The highest BCUT2D eigenvalue weighted by Gasteiger charge is 2.16. The number of aromatic nitrogens is 1. The van der Waals surface area contributed by atoms with Crippen LogP contribution >= 0.6 is 15.9 Å². The minimum Gasteiger partial charge on any atom is -0.497 e. The first kappa shape index (κ1) is 15.0. The van der Waals surface area contributed by atoms with E-state index in [1.165, 1.54) is 19.2 Å². The second-order valence-corrected chi connectivity index (χ2v) is 4.89. The maximum Gasteiger partial charge on any atom is 0.311 e. The molecule has 9 heteroatoms. The first-order valence-electron chi connectivity index (χ1n) is 5.77. The molecule has 0 unspecified atom stereocenters. The minimum absolute atomic E-state index is 0.0793. The Kier molecular flexibility index (Phi) is 4.55. The average molecular weight is 354 g/mol. The van der Waals surface area contributed by atoms with E-state index in [9.17, 15) is 10.1 Å². The Labute approximate surface area is 128 Å². The number of hydrazine groups is 1. The quantitative estimate of drug-likeness (QED) is 0.430. The number of hydrogen-bond acceptors (Lipinski definition) is 7. The van der Waals surface area contributed by atoms with E-state index in [0.717, 1.165) is 4.47 Å². The molecule has 1 aromatic carbocycles. The molecule has 8 nitrogen and oxygen atoms in total. The molecule has 2 rings (SSSR count). The van der Waals surface area contributed by atoms with Crippen molar-refractivity contribution in [2.24, 2.45) is 5.84 Å². The second kappa shape index (κ2) is 6.37. The van der Waals surface area contributed by atoms with Gasteiger partial charge in [0.2, 0.25) is 5.82 Å². The highest BCUT2D eigenvalue weighted by molar-refractivity contribution is 9.10. The SMILES string of the molecule is COc1cc(Br)cc(Nc2nc(NN)ccc2[N+](=O)[O-])c1. The highest BCUT2D eigenvalue weighted by Crippen LogP contribution is 2.30. The summed E-state index contributed by atoms with van der Waals surface area (Å²) in [6.45, 7) is 0. The molecule has 110 valence electrons. The summed E-state index contributed by atoms with van der Waals surface area (Å²) in [6, 6.07) is 7.95. The minimum atomic E-state index is -0.523. The number of methoxy groups -OCH3 is 1. The van der Waals surface area contributed by atoms with Crippen LogP contribution in [0.2, 0.25) is 0 Å². The molecule has 0 radical (unpaired) electrons. The van der Waals surface area contributed by atoms with Gasteiger partial charge in [-0.1, -0.05) is 15.9 Å². The van der Waals surface area contributed by atoms with E-state index in [4.69, 9.17) is 10.6 Å². The molecule has 0 spiro atoms. The number of halogens is 1. The van der Waals surface area contributed by atoms with Crippen LogP contribution in [-0.2, 0) is 0 Å². The normalized spacial score (nSPS) is 10.0. The Morgan fingerprint density at radius 2 is 2.14 bits per heavy atom. The second-order valence-electron chi connectivity index (χ2n) is 3.97. The summed E-state index contributed by atoms with van der Waals surface area (Å²) in [7, 11) is 1.53. The molecule has 0 amide bonds. The number of hydrogen-bond donors (Lipinski definition) is 3. The molecule has 4 N–H and O–H groups in total. The van der Waals surface area contributed by atoms with Gasteiger partial charge in [0.05, 0.1) is 12.0 Å². The van der Waals surface area contributed by atoms with Gasteiger partial charge in [0.1, 0.15) is 11.6 Å². The lowest BCUT2D eigenvalue weighted by atomic mass is 10.3. The molecule has 0 saturated heterocycles. The summed E-state index contributed by atoms with van der Waals surface area (Å²) in [6.07, 6.45) is 0. The van der Waals surface area contributed by atoms with Gasteiger partial charge in [0.15, 0.2) is 0 Å². The number of nitrogen functional groups attached to an aromatic ring is 1. The van der Waals surface area contributed by atoms with Gasteiger partial charge in [-0.2, -0.15) is 0 Å². The fourth-order valence-corrected chi connectivity index (χ4v) is 2.13. The van der Waals surface area contributed by atoms with Gasteiger partial charge in [0, 0.05) is 22.3 Å².